The van der Waals surface area contributed by atoms with E-state index in [9.17, 15) is 19.7 Å². The van der Waals surface area contributed by atoms with Crippen molar-refractivity contribution in [3.05, 3.63) is 28.3 Å². The van der Waals surface area contributed by atoms with Crippen molar-refractivity contribution in [1.82, 2.24) is 0 Å². The lowest BCUT2D eigenvalue weighted by Gasteiger charge is -2.11. The highest BCUT2D eigenvalue weighted by molar-refractivity contribution is 5.90. The number of carbonyl (C=O) groups is 2. The fourth-order valence-corrected chi connectivity index (χ4v) is 1.38. The number of ether oxygens (including phenoxy) is 2. The minimum Gasteiger partial charge on any atom is -0.479 e. The van der Waals surface area contributed by atoms with Gasteiger partial charge in [-0.25, -0.2) is 4.79 Å². The lowest BCUT2D eigenvalue weighted by molar-refractivity contribution is -0.384. The van der Waals surface area contributed by atoms with Crippen molar-refractivity contribution in [3.63, 3.8) is 0 Å². The Labute approximate surface area is 114 Å². The van der Waals surface area contributed by atoms with E-state index < -0.39 is 17.5 Å². The van der Waals surface area contributed by atoms with Crippen molar-refractivity contribution in [2.45, 2.75) is 13.8 Å². The molecule has 0 radical (unpaired) electrons. The molecule has 0 aliphatic heterocycles. The van der Waals surface area contributed by atoms with Gasteiger partial charge in [-0.3, -0.25) is 14.9 Å². The topological polar surface area (TPSA) is 108 Å². The summed E-state index contributed by atoms with van der Waals surface area (Å²) in [5.41, 5.74) is 0.0327. The van der Waals surface area contributed by atoms with Gasteiger partial charge in [-0.05, 0) is 13.0 Å². The van der Waals surface area contributed by atoms with E-state index in [0.29, 0.717) is 0 Å². The van der Waals surface area contributed by atoms with Crippen LogP contribution in [-0.2, 0) is 14.3 Å². The number of anilines is 1. The molecular weight excluding hydrogens is 268 g/mol. The Bertz CT molecular complexity index is 529. The molecule has 0 saturated heterocycles. The third-order valence-electron chi connectivity index (χ3n) is 2.14. The molecule has 0 aliphatic rings. The van der Waals surface area contributed by atoms with Crippen LogP contribution in [0.5, 0.6) is 5.75 Å². The molecule has 8 nitrogen and oxygen atoms in total. The Morgan fingerprint density at radius 1 is 1.40 bits per heavy atom. The summed E-state index contributed by atoms with van der Waals surface area (Å²) in [7, 11) is 0. The molecule has 8 heteroatoms. The number of nitro groups is 1. The number of nitro benzene ring substituents is 1. The van der Waals surface area contributed by atoms with E-state index in [-0.39, 0.29) is 29.6 Å². The Kier molecular flexibility index (Phi) is 5.45. The molecule has 0 saturated carbocycles. The maximum atomic E-state index is 11.2. The molecule has 0 unspecified atom stereocenters. The third-order valence-corrected chi connectivity index (χ3v) is 2.14. The normalized spacial score (nSPS) is 9.70. The predicted octanol–water partition coefficient (Wildman–Crippen LogP) is 1.50. The summed E-state index contributed by atoms with van der Waals surface area (Å²) in [5, 5.41) is 13.2. The summed E-state index contributed by atoms with van der Waals surface area (Å²) in [4.78, 5) is 32.3. The van der Waals surface area contributed by atoms with Gasteiger partial charge in [0.05, 0.1) is 23.3 Å². The molecule has 1 N–H and O–H groups in total. The Morgan fingerprint density at radius 2 is 2.10 bits per heavy atom. The quantitative estimate of drug-likeness (QED) is 0.481. The van der Waals surface area contributed by atoms with Crippen molar-refractivity contribution >= 4 is 23.3 Å². The lowest BCUT2D eigenvalue weighted by Crippen LogP contribution is -2.16. The summed E-state index contributed by atoms with van der Waals surface area (Å²) in [6.45, 7) is 2.74. The first-order chi connectivity index (χ1) is 9.43. The largest absolute Gasteiger partial charge is 0.479 e. The van der Waals surface area contributed by atoms with E-state index in [1.807, 2.05) is 0 Å². The van der Waals surface area contributed by atoms with Gasteiger partial charge in [-0.2, -0.15) is 0 Å². The van der Waals surface area contributed by atoms with Crippen molar-refractivity contribution in [3.8, 4) is 5.75 Å². The van der Waals surface area contributed by atoms with Gasteiger partial charge >= 0.3 is 5.97 Å². The van der Waals surface area contributed by atoms with E-state index in [0.717, 1.165) is 6.07 Å². The van der Waals surface area contributed by atoms with Gasteiger partial charge in [0.15, 0.2) is 12.4 Å². The van der Waals surface area contributed by atoms with Crippen molar-refractivity contribution in [1.29, 1.82) is 0 Å². The molecule has 0 heterocycles. The average Bonchev–Trinajstić information content (AvgIpc) is 2.37. The smallest absolute Gasteiger partial charge is 0.344 e. The van der Waals surface area contributed by atoms with Crippen LogP contribution in [-0.4, -0.2) is 30.0 Å². The van der Waals surface area contributed by atoms with E-state index in [1.165, 1.54) is 19.1 Å². The molecule has 1 rings (SSSR count). The van der Waals surface area contributed by atoms with Crippen LogP contribution in [0.2, 0.25) is 0 Å². The second kappa shape index (κ2) is 7.07. The first-order valence-electron chi connectivity index (χ1n) is 5.78. The summed E-state index contributed by atoms with van der Waals surface area (Å²) >= 11 is 0. The fourth-order valence-electron chi connectivity index (χ4n) is 1.38. The van der Waals surface area contributed by atoms with Crippen LogP contribution < -0.4 is 10.1 Å². The lowest BCUT2D eigenvalue weighted by atomic mass is 10.2. The number of hydrogen-bond acceptors (Lipinski definition) is 6. The average molecular weight is 282 g/mol. The molecule has 1 aromatic carbocycles. The second-order valence-corrected chi connectivity index (χ2v) is 3.71. The highest BCUT2D eigenvalue weighted by atomic mass is 16.6. The Balaban J connectivity index is 2.92. The molecule has 20 heavy (non-hydrogen) atoms. The first kappa shape index (κ1) is 15.4. The van der Waals surface area contributed by atoms with Crippen molar-refractivity contribution in [2.24, 2.45) is 0 Å². The molecule has 1 aromatic rings. The predicted molar refractivity (Wildman–Crippen MR) is 69.5 cm³/mol. The summed E-state index contributed by atoms with van der Waals surface area (Å²) < 4.78 is 9.83. The third kappa shape index (κ3) is 4.56. The minimum absolute atomic E-state index is 0.0300. The molecular formula is C12H14N2O6. The van der Waals surface area contributed by atoms with Gasteiger partial charge in [0.1, 0.15) is 0 Å². The fraction of sp³-hybridized carbons (Fsp3) is 0.333. The molecule has 1 amide bonds. The molecule has 0 spiro atoms. The second-order valence-electron chi connectivity index (χ2n) is 3.71. The number of non-ortho nitro benzene ring substituents is 1. The Hall–Kier alpha value is -2.64. The number of rotatable bonds is 6. The summed E-state index contributed by atoms with van der Waals surface area (Å²) in [6.07, 6.45) is 0. The van der Waals surface area contributed by atoms with Crippen LogP contribution >= 0.6 is 0 Å². The maximum Gasteiger partial charge on any atom is 0.344 e. The summed E-state index contributed by atoms with van der Waals surface area (Å²) in [5.74, 6) is -0.935. The van der Waals surface area contributed by atoms with Crippen LogP contribution in [0, 0.1) is 10.1 Å². The van der Waals surface area contributed by atoms with Crippen LogP contribution in [0.25, 0.3) is 0 Å². The Morgan fingerprint density at radius 3 is 2.65 bits per heavy atom. The van der Waals surface area contributed by atoms with Crippen LogP contribution in [0.15, 0.2) is 18.2 Å². The van der Waals surface area contributed by atoms with E-state index in [4.69, 9.17) is 4.74 Å². The molecule has 0 fully saturated rings. The number of carbonyl (C=O) groups excluding carboxylic acids is 2. The molecule has 0 bridgehead atoms. The number of amides is 1. The van der Waals surface area contributed by atoms with E-state index >= 15 is 0 Å². The SMILES string of the molecule is CCOC(=O)COc1cc([N+](=O)[O-])ccc1NC(C)=O. The monoisotopic (exact) mass is 282 g/mol. The molecule has 0 atom stereocenters. The van der Waals surface area contributed by atoms with Gasteiger partial charge in [0, 0.05) is 13.0 Å². The molecule has 0 aliphatic carbocycles. The first-order valence-corrected chi connectivity index (χ1v) is 5.78. The zero-order chi connectivity index (χ0) is 15.1. The van der Waals surface area contributed by atoms with Gasteiger partial charge in [0.25, 0.3) is 5.69 Å². The number of esters is 1. The highest BCUT2D eigenvalue weighted by Crippen LogP contribution is 2.29. The number of nitrogens with one attached hydrogen (secondary N) is 1. The van der Waals surface area contributed by atoms with Crippen LogP contribution in [0.1, 0.15) is 13.8 Å². The zero-order valence-electron chi connectivity index (χ0n) is 11.0. The standard InChI is InChI=1S/C12H14N2O6/c1-3-19-12(16)7-20-11-6-9(14(17)18)4-5-10(11)13-8(2)15/h4-6H,3,7H2,1-2H3,(H,13,15). The number of benzene rings is 1. The number of nitrogens with zero attached hydrogens (tertiary/aromatic N) is 1. The van der Waals surface area contributed by atoms with Gasteiger partial charge in [-0.15, -0.1) is 0 Å². The highest BCUT2D eigenvalue weighted by Gasteiger charge is 2.14. The summed E-state index contributed by atoms with van der Waals surface area (Å²) in [6, 6.07) is 3.69. The van der Waals surface area contributed by atoms with E-state index in [2.05, 4.69) is 10.1 Å². The zero-order valence-corrected chi connectivity index (χ0v) is 11.0. The minimum atomic E-state index is -0.604. The van der Waals surface area contributed by atoms with Crippen molar-refractivity contribution < 1.29 is 24.0 Å². The van der Waals surface area contributed by atoms with Crippen LogP contribution in [0.3, 0.4) is 0 Å². The maximum absolute atomic E-state index is 11.2. The van der Waals surface area contributed by atoms with Crippen molar-refractivity contribution in [2.75, 3.05) is 18.5 Å². The molecule has 0 aromatic heterocycles. The van der Waals surface area contributed by atoms with Crippen LogP contribution in [0.4, 0.5) is 11.4 Å². The van der Waals surface area contributed by atoms with Gasteiger partial charge in [-0.1, -0.05) is 0 Å². The van der Waals surface area contributed by atoms with Gasteiger partial charge in [0.2, 0.25) is 5.91 Å². The molecule has 108 valence electrons. The van der Waals surface area contributed by atoms with E-state index in [1.54, 1.807) is 6.92 Å². The number of hydrogen-bond donors (Lipinski definition) is 1. The van der Waals surface area contributed by atoms with Gasteiger partial charge < -0.3 is 14.8 Å².